The Bertz CT molecular complexity index is 1060. The van der Waals surface area contributed by atoms with Gasteiger partial charge in [-0.1, -0.05) is 0 Å². The van der Waals surface area contributed by atoms with Crippen molar-refractivity contribution in [1.82, 2.24) is 0 Å². The maximum Gasteiger partial charge on any atom is -0.147 e. The van der Waals surface area contributed by atoms with E-state index in [9.17, 15) is 0 Å². The predicted molar refractivity (Wildman–Crippen MR) is 167 cm³/mol. The summed E-state index contributed by atoms with van der Waals surface area (Å²) >= 11 is -3.53. The van der Waals surface area contributed by atoms with Crippen molar-refractivity contribution in [3.63, 3.8) is 0 Å². The van der Waals surface area contributed by atoms with E-state index in [-0.39, 0.29) is 24.8 Å². The van der Waals surface area contributed by atoms with E-state index in [1.54, 1.807) is 22.3 Å². The van der Waals surface area contributed by atoms with Crippen LogP contribution in [0.3, 0.4) is 0 Å². The SMILES string of the molecule is CCCCC[CH2][Zr](=[SiH2])([CH2]CCCCC)([CH]1C(C)=Cc2ccccc21)[CH]1C(C)=Cc2ccccc21.Cl.Cl. The summed E-state index contributed by atoms with van der Waals surface area (Å²) in [5.41, 5.74) is 9.70. The Kier molecular flexibility index (Phi) is 12.0. The van der Waals surface area contributed by atoms with E-state index < -0.39 is 17.4 Å². The zero-order chi connectivity index (χ0) is 24.2. The molecule has 4 rings (SSSR count). The molecule has 0 bridgehead atoms. The van der Waals surface area contributed by atoms with Crippen LogP contribution in [0.2, 0.25) is 8.26 Å². The fraction of sp³-hybridized carbons (Fsp3) is 0.500. The van der Waals surface area contributed by atoms with Gasteiger partial charge in [0.25, 0.3) is 0 Å². The van der Waals surface area contributed by atoms with Gasteiger partial charge in [-0.15, -0.1) is 24.8 Å². The minimum atomic E-state index is -3.53. The van der Waals surface area contributed by atoms with Gasteiger partial charge in [-0.05, 0) is 0 Å². The summed E-state index contributed by atoms with van der Waals surface area (Å²) in [4.78, 5) is 0. The molecule has 2 aliphatic carbocycles. The van der Waals surface area contributed by atoms with Crippen LogP contribution < -0.4 is 0 Å². The van der Waals surface area contributed by atoms with Gasteiger partial charge in [0.05, 0.1) is 0 Å². The topological polar surface area (TPSA) is 0 Å². The summed E-state index contributed by atoms with van der Waals surface area (Å²) in [5.74, 6) is 0. The van der Waals surface area contributed by atoms with Crippen LogP contribution in [0.5, 0.6) is 0 Å². The number of hydrogen-bond donors (Lipinski definition) is 0. The third-order valence-electron chi connectivity index (χ3n) is 9.19. The first-order valence-corrected chi connectivity index (χ1v) is 26.3. The minimum absolute atomic E-state index is 0. The van der Waals surface area contributed by atoms with Gasteiger partial charge in [0.2, 0.25) is 0 Å². The Morgan fingerprint density at radius 2 is 1.00 bits per heavy atom. The Morgan fingerprint density at radius 3 is 1.39 bits per heavy atom. The molecule has 2 aromatic carbocycles. The zero-order valence-corrected chi connectivity index (χ0v) is 28.5. The van der Waals surface area contributed by atoms with Crippen molar-refractivity contribution >= 4 is 43.8 Å². The molecule has 0 saturated heterocycles. The molecule has 198 valence electrons. The molecule has 36 heavy (non-hydrogen) atoms. The number of rotatable bonds is 12. The molecule has 2 aromatic rings. The molecule has 0 fully saturated rings. The predicted octanol–water partition coefficient (Wildman–Crippen LogP) is 10.4. The summed E-state index contributed by atoms with van der Waals surface area (Å²) in [7, 11) is 0. The van der Waals surface area contributed by atoms with Crippen molar-refractivity contribution in [1.29, 1.82) is 0 Å². The van der Waals surface area contributed by atoms with Gasteiger partial charge in [-0.25, -0.2) is 0 Å². The average Bonchev–Trinajstić information content (AvgIpc) is 3.36. The molecule has 2 atom stereocenters. The van der Waals surface area contributed by atoms with E-state index in [1.165, 1.54) is 70.8 Å². The first-order valence-electron chi connectivity index (χ1n) is 14.0. The molecular formula is C32H48Cl2SiZr. The standard InChI is InChI=1S/2C10H9.2C6H13.2ClH.H2Si.Zr/c2*1-8-6-9-4-2-3-5-10(9)7-8;2*1-3-5-6-4-2;;;;/h2*2-7H,1H3;2*1,3-6H2,2H3;2*1H;1H2;. The van der Waals surface area contributed by atoms with Crippen molar-refractivity contribution in [2.45, 2.75) is 94.6 Å². The molecule has 0 amide bonds. The number of allylic oxidation sites excluding steroid dienone is 2. The maximum atomic E-state index is 2.63. The average molecular weight is 623 g/mol. The fourth-order valence-electron chi connectivity index (χ4n) is 7.91. The van der Waals surface area contributed by atoms with E-state index in [4.69, 9.17) is 0 Å². The van der Waals surface area contributed by atoms with Crippen molar-refractivity contribution in [2.75, 3.05) is 0 Å². The van der Waals surface area contributed by atoms with Gasteiger partial charge < -0.3 is 0 Å². The van der Waals surface area contributed by atoms with Gasteiger partial charge in [0, 0.05) is 0 Å². The Labute approximate surface area is 236 Å². The zero-order valence-electron chi connectivity index (χ0n) is 23.0. The van der Waals surface area contributed by atoms with Crippen molar-refractivity contribution < 1.29 is 17.4 Å². The summed E-state index contributed by atoms with van der Waals surface area (Å²) in [6, 6.07) is 18.8. The fourth-order valence-corrected chi connectivity index (χ4v) is 39.1. The molecule has 2 aliphatic rings. The summed E-state index contributed by atoms with van der Waals surface area (Å²) in [6.07, 6.45) is 16.2. The van der Waals surface area contributed by atoms with Crippen molar-refractivity contribution in [3.05, 3.63) is 81.9 Å². The quantitative estimate of drug-likeness (QED) is 0.163. The minimum Gasteiger partial charge on any atom is -0.147 e. The van der Waals surface area contributed by atoms with Gasteiger partial charge in [0.1, 0.15) is 0 Å². The molecule has 2 unspecified atom stereocenters. The van der Waals surface area contributed by atoms with Crippen LogP contribution in [0.4, 0.5) is 0 Å². The van der Waals surface area contributed by atoms with Crippen molar-refractivity contribution in [2.24, 2.45) is 0 Å². The van der Waals surface area contributed by atoms with Crippen LogP contribution in [0.1, 0.15) is 109 Å². The second-order valence-electron chi connectivity index (χ2n) is 11.7. The van der Waals surface area contributed by atoms with Crippen LogP contribution >= 0.6 is 24.8 Å². The molecule has 0 aliphatic heterocycles. The van der Waals surface area contributed by atoms with Crippen LogP contribution in [0, 0.1) is 0 Å². The number of hydrogen-bond acceptors (Lipinski definition) is 0. The largest absolute Gasteiger partial charge is 0.147 e. The van der Waals surface area contributed by atoms with Gasteiger partial charge in [0.15, 0.2) is 0 Å². The van der Waals surface area contributed by atoms with Crippen LogP contribution in [-0.4, -0.2) is 6.88 Å². The molecule has 0 radical (unpaired) electrons. The summed E-state index contributed by atoms with van der Waals surface area (Å²) in [5, 5.41) is 0. The third kappa shape index (κ3) is 5.93. The second kappa shape index (κ2) is 13.6. The Balaban J connectivity index is 0.00000228. The first-order chi connectivity index (χ1) is 16.4. The molecule has 0 aromatic heterocycles. The van der Waals surface area contributed by atoms with E-state index in [0.29, 0.717) is 7.25 Å². The molecule has 4 heteroatoms. The molecular weight excluding hydrogens is 575 g/mol. The summed E-state index contributed by atoms with van der Waals surface area (Å²) < 4.78 is 4.41. The first kappa shape index (κ1) is 31.8. The number of fused-ring (bicyclic) bond motifs is 2. The smallest absolute Gasteiger partial charge is 0.147 e. The van der Waals surface area contributed by atoms with Crippen LogP contribution in [-0.2, 0) is 17.4 Å². The van der Waals surface area contributed by atoms with Gasteiger partial charge in [-0.3, -0.25) is 0 Å². The maximum absolute atomic E-state index is 3.53. The molecule has 0 heterocycles. The molecule has 0 saturated carbocycles. The molecule has 0 N–H and O–H groups in total. The third-order valence-corrected chi connectivity index (χ3v) is 37.7. The molecule has 0 nitrogen and oxygen atoms in total. The van der Waals surface area contributed by atoms with Crippen LogP contribution in [0.25, 0.3) is 12.2 Å². The van der Waals surface area contributed by atoms with E-state index in [1.807, 2.05) is 0 Å². The number of unbranched alkanes of at least 4 members (excludes halogenated alkanes) is 6. The summed E-state index contributed by atoms with van der Waals surface area (Å²) in [6.45, 7) is 12.3. The molecule has 0 spiro atoms. The number of halogens is 2. The normalized spacial score (nSPS) is 18.5. The van der Waals surface area contributed by atoms with Crippen LogP contribution in [0.15, 0.2) is 59.7 Å². The monoisotopic (exact) mass is 620 g/mol. The van der Waals surface area contributed by atoms with E-state index in [2.05, 4.69) is 95.3 Å². The van der Waals surface area contributed by atoms with E-state index >= 15 is 0 Å². The number of benzene rings is 2. The Hall–Kier alpha value is -0.400. The van der Waals surface area contributed by atoms with Crippen molar-refractivity contribution in [3.8, 4) is 0 Å². The second-order valence-corrected chi connectivity index (χ2v) is 38.2. The van der Waals surface area contributed by atoms with Gasteiger partial charge >= 0.3 is 213 Å². The Morgan fingerprint density at radius 1 is 0.611 bits per heavy atom. The van der Waals surface area contributed by atoms with Gasteiger partial charge in [-0.2, -0.15) is 0 Å². The van der Waals surface area contributed by atoms with E-state index in [0.717, 1.165) is 0 Å².